The van der Waals surface area contributed by atoms with E-state index in [1.165, 1.54) is 0 Å². The predicted octanol–water partition coefficient (Wildman–Crippen LogP) is 3.32. The van der Waals surface area contributed by atoms with Crippen LogP contribution in [0.2, 0.25) is 0 Å². The largest absolute Gasteiger partial charge is 0.443 e. The van der Waals surface area contributed by atoms with Gasteiger partial charge in [-0.15, -0.1) is 34.2 Å². The van der Waals surface area contributed by atoms with E-state index in [-0.39, 0.29) is 29.4 Å². The van der Waals surface area contributed by atoms with Gasteiger partial charge in [0.25, 0.3) is 0 Å². The molecule has 0 aliphatic rings. The summed E-state index contributed by atoms with van der Waals surface area (Å²) >= 11 is 0. The summed E-state index contributed by atoms with van der Waals surface area (Å²) in [5, 5.41) is 15.0. The molecule has 3 rings (SSSR count). The fourth-order valence-corrected chi connectivity index (χ4v) is 2.73. The third-order valence-corrected chi connectivity index (χ3v) is 4.26. The molecule has 0 spiro atoms. The Kier molecular flexibility index (Phi) is 8.42. The number of rotatable bonds is 7. The fraction of sp³-hybridized carbons (Fsp3) is 0.500. The number of oxazole rings is 1. The second-order valence-electron chi connectivity index (χ2n) is 7.64. The minimum absolute atomic E-state index is 0. The summed E-state index contributed by atoms with van der Waals surface area (Å²) in [6.45, 7) is 10.3. The summed E-state index contributed by atoms with van der Waals surface area (Å²) < 4.78 is 7.82. The average Bonchev–Trinajstić information content (AvgIpc) is 3.30. The fourth-order valence-electron chi connectivity index (χ4n) is 2.73. The average molecular weight is 511 g/mol. The first-order chi connectivity index (χ1) is 13.5. The van der Waals surface area contributed by atoms with Crippen LogP contribution in [0.15, 0.2) is 40.0 Å². The van der Waals surface area contributed by atoms with E-state index >= 15 is 0 Å². The SMILES string of the molecule is CCNC(=NCc1ncc(C(C)(C)C)o1)NCCCc1nnc2ccccn12.I. The monoisotopic (exact) mass is 511 g/mol. The van der Waals surface area contributed by atoms with Crippen LogP contribution >= 0.6 is 24.0 Å². The maximum absolute atomic E-state index is 5.80. The summed E-state index contributed by atoms with van der Waals surface area (Å²) in [4.78, 5) is 8.90. The number of halogens is 1. The molecule has 0 aromatic carbocycles. The van der Waals surface area contributed by atoms with E-state index < -0.39 is 0 Å². The number of hydrogen-bond acceptors (Lipinski definition) is 5. The Bertz CT molecular complexity index is 926. The minimum atomic E-state index is -0.0520. The minimum Gasteiger partial charge on any atom is -0.443 e. The van der Waals surface area contributed by atoms with Crippen molar-refractivity contribution >= 4 is 35.6 Å². The third-order valence-electron chi connectivity index (χ3n) is 4.26. The topological polar surface area (TPSA) is 92.6 Å². The van der Waals surface area contributed by atoms with E-state index in [9.17, 15) is 0 Å². The van der Waals surface area contributed by atoms with Crippen LogP contribution in [0.5, 0.6) is 0 Å². The number of aromatic nitrogens is 4. The van der Waals surface area contributed by atoms with Crippen molar-refractivity contribution < 1.29 is 4.42 Å². The standard InChI is InChI=1S/C20H29N7O.HI/c1-5-21-19(24-14-18-23-13-15(28-18)20(2,3)4)22-11-8-10-17-26-25-16-9-6-7-12-27(16)17;/h6-7,9,12-13H,5,8,10-11,14H2,1-4H3,(H2,21,22,24);1H. The Morgan fingerprint density at radius 1 is 1.21 bits per heavy atom. The molecule has 9 heteroatoms. The Balaban J connectivity index is 0.00000300. The zero-order chi connectivity index (χ0) is 20.0. The lowest BCUT2D eigenvalue weighted by molar-refractivity contribution is 0.383. The molecule has 0 amide bonds. The smallest absolute Gasteiger partial charge is 0.216 e. The molecule has 2 N–H and O–H groups in total. The van der Waals surface area contributed by atoms with Crippen molar-refractivity contribution in [2.45, 2.75) is 52.5 Å². The molecule has 3 aromatic heterocycles. The van der Waals surface area contributed by atoms with Crippen LogP contribution in [0.4, 0.5) is 0 Å². The van der Waals surface area contributed by atoms with Crippen molar-refractivity contribution in [3.63, 3.8) is 0 Å². The van der Waals surface area contributed by atoms with Crippen molar-refractivity contribution in [2.24, 2.45) is 4.99 Å². The molecule has 158 valence electrons. The van der Waals surface area contributed by atoms with Gasteiger partial charge in [-0.05, 0) is 25.5 Å². The summed E-state index contributed by atoms with van der Waals surface area (Å²) in [5.41, 5.74) is 0.824. The number of fused-ring (bicyclic) bond motifs is 1. The lowest BCUT2D eigenvalue weighted by Crippen LogP contribution is -2.37. The van der Waals surface area contributed by atoms with Crippen LogP contribution in [0, 0.1) is 0 Å². The molecule has 0 saturated carbocycles. The maximum atomic E-state index is 5.80. The van der Waals surface area contributed by atoms with Crippen molar-refractivity contribution in [2.75, 3.05) is 13.1 Å². The Morgan fingerprint density at radius 2 is 2.03 bits per heavy atom. The van der Waals surface area contributed by atoms with Crippen LogP contribution in [0.1, 0.15) is 51.6 Å². The molecule has 0 atom stereocenters. The quantitative estimate of drug-likeness (QED) is 0.219. The molecule has 0 saturated heterocycles. The van der Waals surface area contributed by atoms with Gasteiger partial charge in [-0.2, -0.15) is 0 Å². The first-order valence-corrected chi connectivity index (χ1v) is 9.73. The molecular formula is C20H30IN7O. The number of nitrogens with one attached hydrogen (secondary N) is 2. The van der Waals surface area contributed by atoms with E-state index in [1.807, 2.05) is 35.7 Å². The highest BCUT2D eigenvalue weighted by molar-refractivity contribution is 14.0. The highest BCUT2D eigenvalue weighted by atomic mass is 127. The van der Waals surface area contributed by atoms with Gasteiger partial charge in [0.2, 0.25) is 5.89 Å². The summed E-state index contributed by atoms with van der Waals surface area (Å²) in [6.07, 6.45) is 5.54. The highest BCUT2D eigenvalue weighted by Gasteiger charge is 2.19. The first kappa shape index (κ1) is 23.1. The third kappa shape index (κ3) is 6.41. The summed E-state index contributed by atoms with van der Waals surface area (Å²) in [7, 11) is 0. The van der Waals surface area contributed by atoms with Crippen molar-refractivity contribution in [1.29, 1.82) is 0 Å². The van der Waals surface area contributed by atoms with Gasteiger partial charge in [0.05, 0.1) is 6.20 Å². The van der Waals surface area contributed by atoms with E-state index in [0.717, 1.165) is 49.1 Å². The van der Waals surface area contributed by atoms with Gasteiger partial charge >= 0.3 is 0 Å². The number of hydrogen-bond donors (Lipinski definition) is 2. The van der Waals surface area contributed by atoms with E-state index in [2.05, 4.69) is 51.6 Å². The number of aryl methyl sites for hydroxylation is 1. The lowest BCUT2D eigenvalue weighted by Gasteiger charge is -2.13. The zero-order valence-electron chi connectivity index (χ0n) is 17.5. The van der Waals surface area contributed by atoms with Gasteiger partial charge in [-0.25, -0.2) is 9.98 Å². The molecule has 8 nitrogen and oxygen atoms in total. The normalized spacial score (nSPS) is 12.1. The van der Waals surface area contributed by atoms with Crippen LogP contribution in [-0.2, 0) is 18.4 Å². The Hall–Kier alpha value is -2.17. The van der Waals surface area contributed by atoms with Gasteiger partial charge in [-0.1, -0.05) is 26.8 Å². The molecule has 0 bridgehead atoms. The number of guanidine groups is 1. The van der Waals surface area contributed by atoms with Gasteiger partial charge in [0, 0.05) is 31.1 Å². The van der Waals surface area contributed by atoms with Crippen LogP contribution in [0.25, 0.3) is 5.65 Å². The molecule has 0 fully saturated rings. The highest BCUT2D eigenvalue weighted by Crippen LogP contribution is 2.22. The molecule has 0 aliphatic heterocycles. The Labute approximate surface area is 188 Å². The second kappa shape index (κ2) is 10.6. The second-order valence-corrected chi connectivity index (χ2v) is 7.64. The van der Waals surface area contributed by atoms with Gasteiger partial charge < -0.3 is 15.1 Å². The van der Waals surface area contributed by atoms with Crippen molar-refractivity contribution in [3.05, 3.63) is 48.1 Å². The lowest BCUT2D eigenvalue weighted by atomic mass is 9.94. The Morgan fingerprint density at radius 3 is 2.76 bits per heavy atom. The molecular weight excluding hydrogens is 481 g/mol. The van der Waals surface area contributed by atoms with E-state index in [0.29, 0.717) is 12.4 Å². The molecule has 3 aromatic rings. The van der Waals surface area contributed by atoms with Crippen LogP contribution in [0.3, 0.4) is 0 Å². The van der Waals surface area contributed by atoms with Gasteiger partial charge in [-0.3, -0.25) is 4.40 Å². The molecule has 0 radical (unpaired) electrons. The predicted molar refractivity (Wildman–Crippen MR) is 125 cm³/mol. The number of nitrogens with zero attached hydrogens (tertiary/aromatic N) is 5. The zero-order valence-corrected chi connectivity index (χ0v) is 19.8. The van der Waals surface area contributed by atoms with Gasteiger partial charge in [0.15, 0.2) is 11.6 Å². The van der Waals surface area contributed by atoms with Crippen LogP contribution < -0.4 is 10.6 Å². The van der Waals surface area contributed by atoms with Crippen LogP contribution in [-0.4, -0.2) is 38.6 Å². The molecule has 0 aliphatic carbocycles. The van der Waals surface area contributed by atoms with Crippen molar-refractivity contribution in [1.82, 2.24) is 30.2 Å². The number of aliphatic imine (C=N–C) groups is 1. The van der Waals surface area contributed by atoms with E-state index in [1.54, 1.807) is 6.20 Å². The molecule has 29 heavy (non-hydrogen) atoms. The maximum Gasteiger partial charge on any atom is 0.216 e. The number of pyridine rings is 1. The summed E-state index contributed by atoms with van der Waals surface area (Å²) in [6, 6.07) is 5.91. The summed E-state index contributed by atoms with van der Waals surface area (Å²) in [5.74, 6) is 3.21. The van der Waals surface area contributed by atoms with Gasteiger partial charge in [0.1, 0.15) is 18.1 Å². The van der Waals surface area contributed by atoms with Crippen molar-refractivity contribution in [3.8, 4) is 0 Å². The van der Waals surface area contributed by atoms with E-state index in [4.69, 9.17) is 4.42 Å². The molecule has 3 heterocycles. The molecule has 0 unspecified atom stereocenters. The first-order valence-electron chi connectivity index (χ1n) is 9.73.